The van der Waals surface area contributed by atoms with Gasteiger partial charge in [-0.25, -0.2) is 0 Å². The molecule has 16 heavy (non-hydrogen) atoms. The van der Waals surface area contributed by atoms with Crippen LogP contribution in [0.4, 0.5) is 0 Å². The summed E-state index contributed by atoms with van der Waals surface area (Å²) < 4.78 is 5.60. The van der Waals surface area contributed by atoms with Crippen LogP contribution in [0.1, 0.15) is 13.3 Å². The number of rotatable bonds is 4. The van der Waals surface area contributed by atoms with E-state index in [-0.39, 0.29) is 6.04 Å². The lowest BCUT2D eigenvalue weighted by Gasteiger charge is -2.11. The third-order valence-corrected chi connectivity index (χ3v) is 2.57. The average Bonchev–Trinajstić information content (AvgIpc) is 2.35. The van der Waals surface area contributed by atoms with Crippen LogP contribution in [-0.2, 0) is 0 Å². The van der Waals surface area contributed by atoms with E-state index in [9.17, 15) is 0 Å². The fourth-order valence-corrected chi connectivity index (χ4v) is 1.46. The molecule has 0 spiro atoms. The lowest BCUT2D eigenvalue weighted by Crippen LogP contribution is -2.26. The zero-order valence-corrected chi connectivity index (χ0v) is 9.39. The molecule has 2 rings (SSSR count). The normalized spacial score (nSPS) is 12.6. The molecule has 3 nitrogen and oxygen atoms in total. The minimum atomic E-state index is 0.0967. The molecule has 1 heterocycles. The zero-order valence-electron chi connectivity index (χ0n) is 9.39. The van der Waals surface area contributed by atoms with Crippen molar-refractivity contribution in [1.82, 2.24) is 4.98 Å². The fraction of sp³-hybridized carbons (Fsp3) is 0.308. The Morgan fingerprint density at radius 3 is 3.06 bits per heavy atom. The van der Waals surface area contributed by atoms with Crippen LogP contribution in [0.25, 0.3) is 10.9 Å². The molecule has 0 aliphatic heterocycles. The molecular weight excluding hydrogens is 200 g/mol. The maximum atomic E-state index is 5.79. The van der Waals surface area contributed by atoms with Gasteiger partial charge in [-0.05, 0) is 24.6 Å². The predicted molar refractivity (Wildman–Crippen MR) is 65.5 cm³/mol. The minimum absolute atomic E-state index is 0.0967. The summed E-state index contributed by atoms with van der Waals surface area (Å²) >= 11 is 0. The highest BCUT2D eigenvalue weighted by molar-refractivity contribution is 5.79. The van der Waals surface area contributed by atoms with Crippen molar-refractivity contribution in [3.05, 3.63) is 36.5 Å². The van der Waals surface area contributed by atoms with Crippen LogP contribution in [0, 0.1) is 0 Å². The largest absolute Gasteiger partial charge is 0.492 e. The van der Waals surface area contributed by atoms with Crippen molar-refractivity contribution in [3.8, 4) is 5.75 Å². The molecule has 1 aromatic carbocycles. The number of hydrogen-bond donors (Lipinski definition) is 1. The van der Waals surface area contributed by atoms with Gasteiger partial charge in [-0.2, -0.15) is 0 Å². The molecule has 1 aromatic heterocycles. The number of nitrogens with zero attached hydrogens (tertiary/aromatic N) is 1. The highest BCUT2D eigenvalue weighted by atomic mass is 16.5. The summed E-state index contributed by atoms with van der Waals surface area (Å²) in [5.74, 6) is 0.829. The summed E-state index contributed by atoms with van der Waals surface area (Å²) in [6.07, 6.45) is 2.70. The van der Waals surface area contributed by atoms with Crippen molar-refractivity contribution < 1.29 is 4.74 Å². The van der Waals surface area contributed by atoms with E-state index in [2.05, 4.69) is 11.9 Å². The minimum Gasteiger partial charge on any atom is -0.492 e. The lowest BCUT2D eigenvalue weighted by molar-refractivity contribution is 0.286. The Morgan fingerprint density at radius 2 is 2.25 bits per heavy atom. The van der Waals surface area contributed by atoms with Gasteiger partial charge in [-0.3, -0.25) is 4.98 Å². The monoisotopic (exact) mass is 216 g/mol. The standard InChI is InChI=1S/C13H16N2O/c1-2-11(14)9-16-12-6-5-10-4-3-7-15-13(10)8-12/h3-8,11H,2,9,14H2,1H3. The number of hydrogen-bond acceptors (Lipinski definition) is 3. The van der Waals surface area contributed by atoms with Gasteiger partial charge >= 0.3 is 0 Å². The van der Waals surface area contributed by atoms with Gasteiger partial charge in [0.15, 0.2) is 0 Å². The van der Waals surface area contributed by atoms with Crippen LogP contribution in [0.5, 0.6) is 5.75 Å². The third kappa shape index (κ3) is 2.49. The second kappa shape index (κ2) is 4.94. The van der Waals surface area contributed by atoms with Crippen molar-refractivity contribution in [2.24, 2.45) is 5.73 Å². The summed E-state index contributed by atoms with van der Waals surface area (Å²) in [5.41, 5.74) is 6.74. The Bertz CT molecular complexity index is 470. The number of aromatic nitrogens is 1. The van der Waals surface area contributed by atoms with E-state index in [1.807, 2.05) is 30.3 Å². The van der Waals surface area contributed by atoms with Crippen molar-refractivity contribution >= 4 is 10.9 Å². The van der Waals surface area contributed by atoms with Gasteiger partial charge in [-0.1, -0.05) is 13.0 Å². The van der Waals surface area contributed by atoms with Gasteiger partial charge in [0.1, 0.15) is 12.4 Å². The summed E-state index contributed by atoms with van der Waals surface area (Å²) in [5, 5.41) is 1.12. The van der Waals surface area contributed by atoms with Crippen LogP contribution in [-0.4, -0.2) is 17.6 Å². The Kier molecular flexibility index (Phi) is 3.37. The first-order valence-corrected chi connectivity index (χ1v) is 5.52. The molecule has 0 radical (unpaired) electrons. The topological polar surface area (TPSA) is 48.1 Å². The Balaban J connectivity index is 2.13. The van der Waals surface area contributed by atoms with Crippen molar-refractivity contribution in [2.75, 3.05) is 6.61 Å². The number of pyridine rings is 1. The van der Waals surface area contributed by atoms with E-state index in [4.69, 9.17) is 10.5 Å². The molecule has 0 bridgehead atoms. The van der Waals surface area contributed by atoms with E-state index < -0.39 is 0 Å². The molecule has 1 atom stereocenters. The van der Waals surface area contributed by atoms with Gasteiger partial charge in [0.05, 0.1) is 5.52 Å². The van der Waals surface area contributed by atoms with E-state index in [1.54, 1.807) is 6.20 Å². The van der Waals surface area contributed by atoms with Crippen molar-refractivity contribution in [3.63, 3.8) is 0 Å². The van der Waals surface area contributed by atoms with Crippen LogP contribution in [0.3, 0.4) is 0 Å². The Hall–Kier alpha value is -1.61. The highest BCUT2D eigenvalue weighted by Crippen LogP contribution is 2.18. The molecule has 0 saturated carbocycles. The molecule has 2 aromatic rings. The van der Waals surface area contributed by atoms with Gasteiger partial charge in [0.2, 0.25) is 0 Å². The van der Waals surface area contributed by atoms with Crippen molar-refractivity contribution in [1.29, 1.82) is 0 Å². The SMILES string of the molecule is CCC(N)COc1ccc2cccnc2c1. The molecule has 0 aliphatic carbocycles. The zero-order chi connectivity index (χ0) is 11.4. The quantitative estimate of drug-likeness (QED) is 0.853. The first-order valence-electron chi connectivity index (χ1n) is 5.52. The lowest BCUT2D eigenvalue weighted by atomic mass is 10.2. The smallest absolute Gasteiger partial charge is 0.121 e. The maximum Gasteiger partial charge on any atom is 0.121 e. The first-order chi connectivity index (χ1) is 7.79. The number of nitrogens with two attached hydrogens (primary N) is 1. The maximum absolute atomic E-state index is 5.79. The molecule has 2 N–H and O–H groups in total. The van der Waals surface area contributed by atoms with E-state index in [0.717, 1.165) is 23.1 Å². The second-order valence-corrected chi connectivity index (χ2v) is 3.84. The number of fused-ring (bicyclic) bond motifs is 1. The molecule has 84 valence electrons. The average molecular weight is 216 g/mol. The van der Waals surface area contributed by atoms with Gasteiger partial charge < -0.3 is 10.5 Å². The van der Waals surface area contributed by atoms with Crippen LogP contribution in [0.15, 0.2) is 36.5 Å². The van der Waals surface area contributed by atoms with E-state index >= 15 is 0 Å². The number of ether oxygens (including phenoxy) is 1. The van der Waals surface area contributed by atoms with Crippen LogP contribution < -0.4 is 10.5 Å². The molecular formula is C13H16N2O. The first kappa shape index (κ1) is 10.9. The van der Waals surface area contributed by atoms with Gasteiger partial charge in [0, 0.05) is 23.7 Å². The fourth-order valence-electron chi connectivity index (χ4n) is 1.46. The molecule has 0 aliphatic rings. The third-order valence-electron chi connectivity index (χ3n) is 2.57. The van der Waals surface area contributed by atoms with Crippen LogP contribution in [0.2, 0.25) is 0 Å². The summed E-state index contributed by atoms with van der Waals surface area (Å²) in [6.45, 7) is 2.60. The molecule has 0 saturated heterocycles. The summed E-state index contributed by atoms with van der Waals surface area (Å²) in [7, 11) is 0. The predicted octanol–water partition coefficient (Wildman–Crippen LogP) is 2.35. The molecule has 1 unspecified atom stereocenters. The summed E-state index contributed by atoms with van der Waals surface area (Å²) in [4.78, 5) is 4.28. The van der Waals surface area contributed by atoms with Gasteiger partial charge in [-0.15, -0.1) is 0 Å². The van der Waals surface area contributed by atoms with Crippen LogP contribution >= 0.6 is 0 Å². The van der Waals surface area contributed by atoms with Crippen molar-refractivity contribution in [2.45, 2.75) is 19.4 Å². The Morgan fingerprint density at radius 1 is 1.38 bits per heavy atom. The molecule has 0 amide bonds. The second-order valence-electron chi connectivity index (χ2n) is 3.84. The molecule has 3 heteroatoms. The number of benzene rings is 1. The molecule has 0 fully saturated rings. The Labute approximate surface area is 95.2 Å². The van der Waals surface area contributed by atoms with E-state index in [1.165, 1.54) is 0 Å². The highest BCUT2D eigenvalue weighted by Gasteiger charge is 2.01. The summed E-state index contributed by atoms with van der Waals surface area (Å²) in [6, 6.07) is 9.96. The van der Waals surface area contributed by atoms with E-state index in [0.29, 0.717) is 6.61 Å². The van der Waals surface area contributed by atoms with Gasteiger partial charge in [0.25, 0.3) is 0 Å².